The van der Waals surface area contributed by atoms with Crippen LogP contribution >= 0.6 is 0 Å². The summed E-state index contributed by atoms with van der Waals surface area (Å²) < 4.78 is 0. The first-order valence-corrected chi connectivity index (χ1v) is 6.73. The molecule has 0 spiro atoms. The lowest BCUT2D eigenvalue weighted by Crippen LogP contribution is -2.36. The lowest BCUT2D eigenvalue weighted by molar-refractivity contribution is 0.240. The van der Waals surface area contributed by atoms with E-state index in [0.29, 0.717) is 19.0 Å². The average molecular weight is 256 g/mol. The molecule has 0 radical (unpaired) electrons. The smallest absolute Gasteiger partial charge is 0.315 e. The molecular formula is C16H20N2O. The zero-order valence-electron chi connectivity index (χ0n) is 11.0. The Morgan fingerprint density at radius 3 is 2.74 bits per heavy atom. The molecular weight excluding hydrogens is 236 g/mol. The fraction of sp³-hybridized carbons (Fsp3) is 0.312. The van der Waals surface area contributed by atoms with Gasteiger partial charge in [0.2, 0.25) is 0 Å². The highest BCUT2D eigenvalue weighted by Gasteiger charge is 2.06. The fourth-order valence-corrected chi connectivity index (χ4v) is 2.06. The summed E-state index contributed by atoms with van der Waals surface area (Å²) in [7, 11) is 0. The van der Waals surface area contributed by atoms with Crippen molar-refractivity contribution >= 4 is 6.03 Å². The molecule has 1 aliphatic carbocycles. The van der Waals surface area contributed by atoms with Crippen LogP contribution in [0.4, 0.5) is 4.79 Å². The van der Waals surface area contributed by atoms with E-state index >= 15 is 0 Å². The fourth-order valence-electron chi connectivity index (χ4n) is 2.06. The minimum atomic E-state index is -0.0980. The molecule has 0 bridgehead atoms. The van der Waals surface area contributed by atoms with Gasteiger partial charge in [-0.15, -0.1) is 0 Å². The second kappa shape index (κ2) is 7.41. The molecule has 1 aromatic carbocycles. The molecule has 1 aliphatic rings. The van der Waals surface area contributed by atoms with Gasteiger partial charge in [0.1, 0.15) is 0 Å². The second-order valence-electron chi connectivity index (χ2n) is 4.69. The lowest BCUT2D eigenvalue weighted by Gasteiger charge is -2.13. The van der Waals surface area contributed by atoms with Crippen molar-refractivity contribution in [1.82, 2.24) is 10.6 Å². The molecule has 0 saturated carbocycles. The number of allylic oxidation sites excluding steroid dienone is 4. The first-order chi connectivity index (χ1) is 9.34. The minimum absolute atomic E-state index is 0.0980. The van der Waals surface area contributed by atoms with Gasteiger partial charge in [-0.3, -0.25) is 0 Å². The third-order valence-corrected chi connectivity index (χ3v) is 3.17. The topological polar surface area (TPSA) is 41.1 Å². The maximum Gasteiger partial charge on any atom is 0.315 e. The molecule has 2 amide bonds. The Morgan fingerprint density at radius 1 is 1.16 bits per heavy atom. The number of nitrogens with one attached hydrogen (secondary N) is 2. The van der Waals surface area contributed by atoms with Crippen LogP contribution in [0.2, 0.25) is 0 Å². The van der Waals surface area contributed by atoms with Gasteiger partial charge in [0.25, 0.3) is 0 Å². The van der Waals surface area contributed by atoms with Crippen molar-refractivity contribution in [3.8, 4) is 0 Å². The van der Waals surface area contributed by atoms with Crippen molar-refractivity contribution in [2.75, 3.05) is 6.54 Å². The van der Waals surface area contributed by atoms with Crippen molar-refractivity contribution in [3.05, 3.63) is 60.2 Å². The molecule has 3 heteroatoms. The molecule has 0 aromatic heterocycles. The first-order valence-electron chi connectivity index (χ1n) is 6.73. The van der Waals surface area contributed by atoms with Crippen LogP contribution < -0.4 is 10.6 Å². The Bertz CT molecular complexity index is 451. The molecule has 2 rings (SSSR count). The largest absolute Gasteiger partial charge is 0.338 e. The molecule has 0 heterocycles. The number of urea groups is 1. The molecule has 1 atom stereocenters. The standard InChI is InChI=1S/C16H20N2O/c19-16(18-13-15-9-5-2-6-10-15)17-12-11-14-7-3-1-4-8-14/h1-7,9-10,14H,8,11-13H2,(H2,17,18,19). The predicted octanol–water partition coefficient (Wildman–Crippen LogP) is 3.01. The normalized spacial score (nSPS) is 17.2. The molecule has 100 valence electrons. The molecule has 2 N–H and O–H groups in total. The van der Waals surface area contributed by atoms with Crippen molar-refractivity contribution in [3.63, 3.8) is 0 Å². The number of amides is 2. The highest BCUT2D eigenvalue weighted by molar-refractivity contribution is 5.73. The van der Waals surface area contributed by atoms with E-state index in [9.17, 15) is 4.79 Å². The highest BCUT2D eigenvalue weighted by Crippen LogP contribution is 2.14. The van der Waals surface area contributed by atoms with Crippen LogP contribution in [0.1, 0.15) is 18.4 Å². The van der Waals surface area contributed by atoms with Gasteiger partial charge in [-0.1, -0.05) is 54.6 Å². The van der Waals surface area contributed by atoms with Crippen LogP contribution in [-0.4, -0.2) is 12.6 Å². The molecule has 1 unspecified atom stereocenters. The number of benzene rings is 1. The Hall–Kier alpha value is -2.03. The van der Waals surface area contributed by atoms with E-state index in [4.69, 9.17) is 0 Å². The Kier molecular flexibility index (Phi) is 5.23. The van der Waals surface area contributed by atoms with Crippen molar-refractivity contribution < 1.29 is 4.79 Å². The van der Waals surface area contributed by atoms with E-state index in [0.717, 1.165) is 18.4 Å². The third-order valence-electron chi connectivity index (χ3n) is 3.17. The number of rotatable bonds is 5. The number of carbonyl (C=O) groups excluding carboxylic acids is 1. The van der Waals surface area contributed by atoms with E-state index in [1.54, 1.807) is 0 Å². The maximum absolute atomic E-state index is 11.6. The van der Waals surface area contributed by atoms with E-state index in [1.807, 2.05) is 30.3 Å². The second-order valence-corrected chi connectivity index (χ2v) is 4.69. The predicted molar refractivity (Wildman–Crippen MR) is 77.7 cm³/mol. The van der Waals surface area contributed by atoms with Gasteiger partial charge in [0, 0.05) is 13.1 Å². The maximum atomic E-state index is 11.6. The van der Waals surface area contributed by atoms with Crippen molar-refractivity contribution in [2.45, 2.75) is 19.4 Å². The molecule has 1 aromatic rings. The summed E-state index contributed by atoms with van der Waals surface area (Å²) in [5, 5.41) is 5.75. The van der Waals surface area contributed by atoms with Crippen LogP contribution in [0.3, 0.4) is 0 Å². The van der Waals surface area contributed by atoms with E-state index in [1.165, 1.54) is 0 Å². The minimum Gasteiger partial charge on any atom is -0.338 e. The van der Waals surface area contributed by atoms with Crippen LogP contribution in [0.15, 0.2) is 54.6 Å². The van der Waals surface area contributed by atoms with Gasteiger partial charge in [-0.25, -0.2) is 4.79 Å². The summed E-state index contributed by atoms with van der Waals surface area (Å²) in [6, 6.07) is 9.81. The third kappa shape index (κ3) is 5.00. The van der Waals surface area contributed by atoms with Crippen molar-refractivity contribution in [2.24, 2.45) is 5.92 Å². The summed E-state index contributed by atoms with van der Waals surface area (Å²) in [6.45, 7) is 1.28. The zero-order valence-corrected chi connectivity index (χ0v) is 11.0. The lowest BCUT2D eigenvalue weighted by atomic mass is 9.97. The van der Waals surface area contributed by atoms with Crippen molar-refractivity contribution in [1.29, 1.82) is 0 Å². The Morgan fingerprint density at radius 2 is 2.00 bits per heavy atom. The van der Waals surface area contributed by atoms with Crippen LogP contribution in [0.25, 0.3) is 0 Å². The van der Waals surface area contributed by atoms with Gasteiger partial charge in [-0.2, -0.15) is 0 Å². The molecule has 0 fully saturated rings. The van der Waals surface area contributed by atoms with Crippen LogP contribution in [0.5, 0.6) is 0 Å². The summed E-state index contributed by atoms with van der Waals surface area (Å²) in [6.07, 6.45) is 10.6. The highest BCUT2D eigenvalue weighted by atomic mass is 16.2. The van der Waals surface area contributed by atoms with E-state index in [-0.39, 0.29) is 6.03 Å². The van der Waals surface area contributed by atoms with E-state index < -0.39 is 0 Å². The summed E-state index contributed by atoms with van der Waals surface area (Å²) in [4.78, 5) is 11.6. The number of hydrogen-bond donors (Lipinski definition) is 2. The summed E-state index contributed by atoms with van der Waals surface area (Å²) >= 11 is 0. The van der Waals surface area contributed by atoms with Gasteiger partial charge >= 0.3 is 6.03 Å². The molecule has 0 saturated heterocycles. The summed E-state index contributed by atoms with van der Waals surface area (Å²) in [5.41, 5.74) is 1.11. The van der Waals surface area contributed by atoms with E-state index in [2.05, 4.69) is 34.9 Å². The molecule has 19 heavy (non-hydrogen) atoms. The van der Waals surface area contributed by atoms with Gasteiger partial charge in [0.15, 0.2) is 0 Å². The van der Waals surface area contributed by atoms with Gasteiger partial charge in [0.05, 0.1) is 0 Å². The van der Waals surface area contributed by atoms with Gasteiger partial charge < -0.3 is 10.6 Å². The van der Waals surface area contributed by atoms with Crippen LogP contribution in [-0.2, 0) is 6.54 Å². The monoisotopic (exact) mass is 256 g/mol. The van der Waals surface area contributed by atoms with Crippen LogP contribution in [0, 0.1) is 5.92 Å². The SMILES string of the molecule is O=C(NCCC1C=CC=CC1)NCc1ccccc1. The first kappa shape index (κ1) is 13.4. The molecule has 3 nitrogen and oxygen atoms in total. The van der Waals surface area contributed by atoms with Gasteiger partial charge in [-0.05, 0) is 24.3 Å². The molecule has 0 aliphatic heterocycles. The average Bonchev–Trinajstić information content (AvgIpc) is 2.47. The quantitative estimate of drug-likeness (QED) is 0.835. The Balaban J connectivity index is 1.60. The summed E-state index contributed by atoms with van der Waals surface area (Å²) in [5.74, 6) is 0.555. The zero-order chi connectivity index (χ0) is 13.3. The number of carbonyl (C=O) groups is 1. The Labute approximate surface area is 114 Å². The number of hydrogen-bond acceptors (Lipinski definition) is 1.